The second-order valence-electron chi connectivity index (χ2n) is 3.81. The van der Waals surface area contributed by atoms with Crippen molar-refractivity contribution in [2.45, 2.75) is 19.6 Å². The Kier molecular flexibility index (Phi) is 5.38. The Morgan fingerprint density at radius 2 is 2.25 bits per heavy atom. The van der Waals surface area contributed by atoms with Gasteiger partial charge in [0, 0.05) is 20.2 Å². The zero-order valence-electron chi connectivity index (χ0n) is 9.66. The summed E-state index contributed by atoms with van der Waals surface area (Å²) in [5, 5.41) is 12.4. The van der Waals surface area contributed by atoms with E-state index in [1.54, 1.807) is 13.2 Å². The van der Waals surface area contributed by atoms with E-state index < -0.39 is 6.10 Å². The van der Waals surface area contributed by atoms with Crippen LogP contribution in [-0.4, -0.2) is 31.5 Å². The minimum absolute atomic E-state index is 0.236. The number of benzene rings is 1. The molecule has 1 rings (SSSR count). The van der Waals surface area contributed by atoms with Crippen LogP contribution in [0.2, 0.25) is 0 Å². The van der Waals surface area contributed by atoms with Gasteiger partial charge in [-0.15, -0.1) is 0 Å². The van der Waals surface area contributed by atoms with Gasteiger partial charge in [0.2, 0.25) is 0 Å². The summed E-state index contributed by atoms with van der Waals surface area (Å²) in [4.78, 5) is 0. The molecule has 0 spiro atoms. The van der Waals surface area contributed by atoms with Crippen molar-refractivity contribution in [3.63, 3.8) is 0 Å². The molecule has 0 aromatic heterocycles. The Morgan fingerprint density at radius 3 is 2.94 bits per heavy atom. The van der Waals surface area contributed by atoms with Gasteiger partial charge in [-0.1, -0.05) is 6.07 Å². The second-order valence-corrected chi connectivity index (χ2v) is 3.81. The molecule has 0 saturated heterocycles. The molecule has 0 heterocycles. The maximum absolute atomic E-state index is 13.0. The summed E-state index contributed by atoms with van der Waals surface area (Å²) in [6.07, 6.45) is -0.529. The topological polar surface area (TPSA) is 41.5 Å². The van der Waals surface area contributed by atoms with Crippen LogP contribution in [0.3, 0.4) is 0 Å². The highest BCUT2D eigenvalue weighted by molar-refractivity contribution is 5.26. The number of rotatable bonds is 6. The summed E-state index contributed by atoms with van der Waals surface area (Å²) in [6, 6.07) is 4.70. The average Bonchev–Trinajstić information content (AvgIpc) is 2.23. The molecule has 4 heteroatoms. The average molecular weight is 227 g/mol. The van der Waals surface area contributed by atoms with Crippen molar-refractivity contribution < 1.29 is 14.2 Å². The number of ether oxygens (including phenoxy) is 1. The normalized spacial score (nSPS) is 12.8. The van der Waals surface area contributed by atoms with Gasteiger partial charge in [-0.3, -0.25) is 0 Å². The monoisotopic (exact) mass is 227 g/mol. The molecule has 0 aliphatic rings. The van der Waals surface area contributed by atoms with Crippen molar-refractivity contribution in [2.24, 2.45) is 0 Å². The van der Waals surface area contributed by atoms with E-state index in [-0.39, 0.29) is 5.82 Å². The lowest BCUT2D eigenvalue weighted by Crippen LogP contribution is -2.29. The fourth-order valence-electron chi connectivity index (χ4n) is 1.46. The summed E-state index contributed by atoms with van der Waals surface area (Å²) in [5.74, 6) is -0.236. The van der Waals surface area contributed by atoms with Crippen LogP contribution in [0, 0.1) is 12.7 Å². The minimum Gasteiger partial charge on any atom is -0.389 e. The number of methoxy groups -OCH3 is 1. The van der Waals surface area contributed by atoms with Gasteiger partial charge in [0.25, 0.3) is 0 Å². The third-order valence-electron chi connectivity index (χ3n) is 2.37. The van der Waals surface area contributed by atoms with Crippen LogP contribution in [0.25, 0.3) is 0 Å². The minimum atomic E-state index is -0.529. The fraction of sp³-hybridized carbons (Fsp3) is 0.500. The van der Waals surface area contributed by atoms with Crippen molar-refractivity contribution in [1.29, 1.82) is 0 Å². The van der Waals surface area contributed by atoms with Gasteiger partial charge in [0.15, 0.2) is 0 Å². The molecule has 0 aliphatic carbocycles. The standard InChI is InChI=1S/C12H18FNO2/c1-9-3-4-11(13)5-10(9)6-14-7-12(15)8-16-2/h3-5,12,14-15H,6-8H2,1-2H3. The van der Waals surface area contributed by atoms with Crippen LogP contribution >= 0.6 is 0 Å². The van der Waals surface area contributed by atoms with Crippen LogP contribution in [-0.2, 0) is 11.3 Å². The molecule has 1 aromatic carbocycles. The first kappa shape index (κ1) is 13.1. The maximum Gasteiger partial charge on any atom is 0.123 e. The largest absolute Gasteiger partial charge is 0.389 e. The van der Waals surface area contributed by atoms with E-state index in [0.717, 1.165) is 11.1 Å². The Hall–Kier alpha value is -0.970. The molecule has 0 aliphatic heterocycles. The van der Waals surface area contributed by atoms with Crippen LogP contribution in [0.15, 0.2) is 18.2 Å². The number of hydrogen-bond donors (Lipinski definition) is 2. The summed E-state index contributed by atoms with van der Waals surface area (Å²) in [5.41, 5.74) is 1.94. The van der Waals surface area contributed by atoms with Crippen molar-refractivity contribution in [3.05, 3.63) is 35.1 Å². The lowest BCUT2D eigenvalue weighted by Gasteiger charge is -2.12. The van der Waals surface area contributed by atoms with Gasteiger partial charge < -0.3 is 15.2 Å². The Balaban J connectivity index is 2.39. The molecule has 0 fully saturated rings. The highest BCUT2D eigenvalue weighted by Crippen LogP contribution is 2.09. The summed E-state index contributed by atoms with van der Waals surface area (Å²) in [7, 11) is 1.54. The lowest BCUT2D eigenvalue weighted by atomic mass is 10.1. The molecule has 0 bridgehead atoms. The molecule has 0 amide bonds. The number of halogens is 1. The van der Waals surface area contributed by atoms with E-state index in [4.69, 9.17) is 4.74 Å². The fourth-order valence-corrected chi connectivity index (χ4v) is 1.46. The number of nitrogens with one attached hydrogen (secondary N) is 1. The highest BCUT2D eigenvalue weighted by atomic mass is 19.1. The molecule has 0 saturated carbocycles. The van der Waals surface area contributed by atoms with E-state index in [2.05, 4.69) is 5.32 Å². The van der Waals surface area contributed by atoms with E-state index >= 15 is 0 Å². The molecule has 2 N–H and O–H groups in total. The number of hydrogen-bond acceptors (Lipinski definition) is 3. The zero-order valence-corrected chi connectivity index (χ0v) is 9.66. The predicted molar refractivity (Wildman–Crippen MR) is 60.7 cm³/mol. The molecule has 16 heavy (non-hydrogen) atoms. The van der Waals surface area contributed by atoms with E-state index in [1.165, 1.54) is 12.1 Å². The lowest BCUT2D eigenvalue weighted by molar-refractivity contribution is 0.0644. The molecule has 1 aromatic rings. The number of aryl methyl sites for hydroxylation is 1. The van der Waals surface area contributed by atoms with Crippen molar-refractivity contribution in [3.8, 4) is 0 Å². The Morgan fingerprint density at radius 1 is 1.50 bits per heavy atom. The molecule has 90 valence electrons. The van der Waals surface area contributed by atoms with E-state index in [1.807, 2.05) is 6.92 Å². The van der Waals surface area contributed by atoms with Crippen LogP contribution in [0.4, 0.5) is 4.39 Å². The molecule has 1 unspecified atom stereocenters. The molecular formula is C12H18FNO2. The van der Waals surface area contributed by atoms with Gasteiger partial charge >= 0.3 is 0 Å². The van der Waals surface area contributed by atoms with E-state index in [9.17, 15) is 9.50 Å². The zero-order chi connectivity index (χ0) is 12.0. The molecule has 1 atom stereocenters. The first-order valence-electron chi connectivity index (χ1n) is 5.26. The third-order valence-corrected chi connectivity index (χ3v) is 2.37. The molecular weight excluding hydrogens is 209 g/mol. The van der Waals surface area contributed by atoms with E-state index in [0.29, 0.717) is 19.7 Å². The first-order valence-corrected chi connectivity index (χ1v) is 5.26. The summed E-state index contributed by atoms with van der Waals surface area (Å²) in [6.45, 7) is 3.21. The van der Waals surface area contributed by atoms with Gasteiger partial charge in [-0.05, 0) is 30.2 Å². The quantitative estimate of drug-likeness (QED) is 0.768. The Labute approximate surface area is 95.2 Å². The van der Waals surface area contributed by atoms with Crippen molar-refractivity contribution in [2.75, 3.05) is 20.3 Å². The first-order chi connectivity index (χ1) is 7.63. The summed E-state index contributed by atoms with van der Waals surface area (Å²) >= 11 is 0. The molecule has 3 nitrogen and oxygen atoms in total. The molecule has 0 radical (unpaired) electrons. The van der Waals surface area contributed by atoms with Crippen LogP contribution in [0.5, 0.6) is 0 Å². The van der Waals surface area contributed by atoms with Crippen molar-refractivity contribution >= 4 is 0 Å². The maximum atomic E-state index is 13.0. The predicted octanol–water partition coefficient (Wildman–Crippen LogP) is 1.23. The van der Waals surface area contributed by atoms with Gasteiger partial charge in [0.1, 0.15) is 5.82 Å². The van der Waals surface area contributed by atoms with Gasteiger partial charge in [0.05, 0.1) is 12.7 Å². The van der Waals surface area contributed by atoms with Crippen LogP contribution < -0.4 is 5.32 Å². The summed E-state index contributed by atoms with van der Waals surface area (Å²) < 4.78 is 17.8. The van der Waals surface area contributed by atoms with Crippen LogP contribution in [0.1, 0.15) is 11.1 Å². The number of aliphatic hydroxyl groups excluding tert-OH is 1. The smallest absolute Gasteiger partial charge is 0.123 e. The third kappa shape index (κ3) is 4.26. The number of aliphatic hydroxyl groups is 1. The Bertz CT molecular complexity index is 331. The second kappa shape index (κ2) is 6.58. The SMILES string of the molecule is COCC(O)CNCc1cc(F)ccc1C. The van der Waals surface area contributed by atoms with Gasteiger partial charge in [-0.25, -0.2) is 4.39 Å². The highest BCUT2D eigenvalue weighted by Gasteiger charge is 2.04. The van der Waals surface area contributed by atoms with Crippen molar-refractivity contribution in [1.82, 2.24) is 5.32 Å². The van der Waals surface area contributed by atoms with Gasteiger partial charge in [-0.2, -0.15) is 0 Å².